The van der Waals surface area contributed by atoms with Gasteiger partial charge in [0.05, 0.1) is 7.11 Å². The summed E-state index contributed by atoms with van der Waals surface area (Å²) >= 11 is 0. The van der Waals surface area contributed by atoms with E-state index in [9.17, 15) is 0 Å². The summed E-state index contributed by atoms with van der Waals surface area (Å²) in [5, 5.41) is 5.50. The second-order valence-corrected chi connectivity index (χ2v) is 3.28. The lowest BCUT2D eigenvalue weighted by Gasteiger charge is -2.07. The summed E-state index contributed by atoms with van der Waals surface area (Å²) in [4.78, 5) is 4.31. The van der Waals surface area contributed by atoms with Gasteiger partial charge in [0.15, 0.2) is 0 Å². The smallest absolute Gasteiger partial charge is 0.133 e. The number of rotatable bonds is 3. The molecule has 3 nitrogen and oxygen atoms in total. The first-order chi connectivity index (χ1) is 7.35. The van der Waals surface area contributed by atoms with Crippen molar-refractivity contribution in [1.82, 2.24) is 4.98 Å². The van der Waals surface area contributed by atoms with E-state index in [1.165, 1.54) is 5.39 Å². The van der Waals surface area contributed by atoms with Crippen molar-refractivity contribution < 1.29 is 4.74 Å². The van der Waals surface area contributed by atoms with Crippen LogP contribution in [0.4, 0.5) is 5.82 Å². The van der Waals surface area contributed by atoms with Crippen LogP contribution in [0.5, 0.6) is 5.75 Å². The number of ether oxygens (including phenoxy) is 1. The summed E-state index contributed by atoms with van der Waals surface area (Å²) in [6, 6.07) is 7.99. The predicted octanol–water partition coefficient (Wildman–Crippen LogP) is 2.68. The molecule has 0 bridgehead atoms. The van der Waals surface area contributed by atoms with Crippen molar-refractivity contribution in [2.24, 2.45) is 0 Å². The number of hydrogen-bond acceptors (Lipinski definition) is 3. The van der Waals surface area contributed by atoms with E-state index in [1.807, 2.05) is 30.5 Å². The van der Waals surface area contributed by atoms with E-state index in [4.69, 9.17) is 4.74 Å². The zero-order chi connectivity index (χ0) is 10.7. The minimum Gasteiger partial charge on any atom is -0.497 e. The molecule has 0 saturated carbocycles. The first kappa shape index (κ1) is 9.77. The van der Waals surface area contributed by atoms with Crippen LogP contribution in [0.1, 0.15) is 6.92 Å². The predicted molar refractivity (Wildman–Crippen MR) is 62.5 cm³/mol. The van der Waals surface area contributed by atoms with Crippen molar-refractivity contribution in [2.45, 2.75) is 6.92 Å². The maximum absolute atomic E-state index is 5.20. The molecule has 0 aliphatic carbocycles. The molecule has 0 fully saturated rings. The average Bonchev–Trinajstić information content (AvgIpc) is 2.29. The maximum Gasteiger partial charge on any atom is 0.133 e. The van der Waals surface area contributed by atoms with E-state index in [2.05, 4.69) is 17.2 Å². The summed E-state index contributed by atoms with van der Waals surface area (Å²) in [5.41, 5.74) is 0. The van der Waals surface area contributed by atoms with Crippen LogP contribution >= 0.6 is 0 Å². The van der Waals surface area contributed by atoms with E-state index in [-0.39, 0.29) is 0 Å². The number of anilines is 1. The Balaban J connectivity index is 2.59. The van der Waals surface area contributed by atoms with Gasteiger partial charge < -0.3 is 10.1 Å². The summed E-state index contributed by atoms with van der Waals surface area (Å²) in [5.74, 6) is 1.77. The van der Waals surface area contributed by atoms with Crippen LogP contribution in [0.3, 0.4) is 0 Å². The molecule has 0 amide bonds. The van der Waals surface area contributed by atoms with Crippen LogP contribution in [0.15, 0.2) is 30.5 Å². The standard InChI is InChI=1S/C12H14N2O/c1-3-13-12-11-8-10(15-2)5-4-9(11)6-7-14-12/h4-8H,3H2,1-2H3,(H,13,14). The SMILES string of the molecule is CCNc1nccc2ccc(OC)cc12. The van der Waals surface area contributed by atoms with Gasteiger partial charge in [0.25, 0.3) is 0 Å². The highest BCUT2D eigenvalue weighted by Crippen LogP contribution is 2.25. The number of benzene rings is 1. The van der Waals surface area contributed by atoms with Crippen LogP contribution in [0.2, 0.25) is 0 Å². The lowest BCUT2D eigenvalue weighted by molar-refractivity contribution is 0.415. The van der Waals surface area contributed by atoms with Crippen LogP contribution in [-0.2, 0) is 0 Å². The Hall–Kier alpha value is -1.77. The Morgan fingerprint density at radius 3 is 2.93 bits per heavy atom. The topological polar surface area (TPSA) is 34.2 Å². The van der Waals surface area contributed by atoms with Crippen molar-refractivity contribution in [1.29, 1.82) is 0 Å². The highest BCUT2D eigenvalue weighted by Gasteiger charge is 2.02. The highest BCUT2D eigenvalue weighted by molar-refractivity contribution is 5.92. The summed E-state index contributed by atoms with van der Waals surface area (Å²) in [6.07, 6.45) is 1.81. The molecule has 0 unspecified atom stereocenters. The van der Waals surface area contributed by atoms with Gasteiger partial charge in [-0.2, -0.15) is 0 Å². The Labute approximate surface area is 89.1 Å². The summed E-state index contributed by atoms with van der Waals surface area (Å²) in [7, 11) is 1.67. The van der Waals surface area contributed by atoms with Gasteiger partial charge in [0, 0.05) is 18.1 Å². The molecule has 1 N–H and O–H groups in total. The van der Waals surface area contributed by atoms with Gasteiger partial charge in [-0.25, -0.2) is 4.98 Å². The first-order valence-electron chi connectivity index (χ1n) is 5.01. The van der Waals surface area contributed by atoms with Crippen LogP contribution in [0.25, 0.3) is 10.8 Å². The Bertz CT molecular complexity index is 468. The molecular weight excluding hydrogens is 188 g/mol. The van der Waals surface area contributed by atoms with Crippen LogP contribution in [-0.4, -0.2) is 18.6 Å². The molecule has 3 heteroatoms. The number of aromatic nitrogens is 1. The lowest BCUT2D eigenvalue weighted by Crippen LogP contribution is -1.99. The number of fused-ring (bicyclic) bond motifs is 1. The first-order valence-corrected chi connectivity index (χ1v) is 5.01. The number of nitrogens with one attached hydrogen (secondary N) is 1. The zero-order valence-electron chi connectivity index (χ0n) is 8.95. The normalized spacial score (nSPS) is 10.3. The molecule has 0 aliphatic rings. The number of methoxy groups -OCH3 is 1. The molecule has 2 rings (SSSR count). The van der Waals surface area contributed by atoms with Crippen molar-refractivity contribution in [2.75, 3.05) is 19.0 Å². The van der Waals surface area contributed by atoms with E-state index >= 15 is 0 Å². The van der Waals surface area contributed by atoms with E-state index in [0.29, 0.717) is 0 Å². The van der Waals surface area contributed by atoms with Gasteiger partial charge in [0.2, 0.25) is 0 Å². The van der Waals surface area contributed by atoms with Gasteiger partial charge in [0.1, 0.15) is 11.6 Å². The van der Waals surface area contributed by atoms with E-state index < -0.39 is 0 Å². The Morgan fingerprint density at radius 1 is 1.33 bits per heavy atom. The summed E-state index contributed by atoms with van der Waals surface area (Å²) in [6.45, 7) is 2.92. The van der Waals surface area contributed by atoms with Crippen molar-refractivity contribution in [3.05, 3.63) is 30.5 Å². The molecule has 15 heavy (non-hydrogen) atoms. The Kier molecular flexibility index (Phi) is 2.72. The minimum absolute atomic E-state index is 0.856. The second kappa shape index (κ2) is 4.17. The van der Waals surface area contributed by atoms with Crippen molar-refractivity contribution >= 4 is 16.6 Å². The third kappa shape index (κ3) is 1.86. The largest absolute Gasteiger partial charge is 0.497 e. The third-order valence-electron chi connectivity index (χ3n) is 2.32. The number of pyridine rings is 1. The maximum atomic E-state index is 5.20. The van der Waals surface area contributed by atoms with Gasteiger partial charge in [-0.3, -0.25) is 0 Å². The summed E-state index contributed by atoms with van der Waals surface area (Å²) < 4.78 is 5.20. The molecule has 0 aliphatic heterocycles. The highest BCUT2D eigenvalue weighted by atomic mass is 16.5. The van der Waals surface area contributed by atoms with Crippen molar-refractivity contribution in [3.63, 3.8) is 0 Å². The van der Waals surface area contributed by atoms with Gasteiger partial charge >= 0.3 is 0 Å². The quantitative estimate of drug-likeness (QED) is 0.830. The molecule has 78 valence electrons. The molecule has 0 atom stereocenters. The second-order valence-electron chi connectivity index (χ2n) is 3.28. The fourth-order valence-electron chi connectivity index (χ4n) is 1.58. The average molecular weight is 202 g/mol. The van der Waals surface area contributed by atoms with Gasteiger partial charge in [-0.15, -0.1) is 0 Å². The third-order valence-corrected chi connectivity index (χ3v) is 2.32. The fraction of sp³-hybridized carbons (Fsp3) is 0.250. The van der Waals surface area contributed by atoms with E-state index in [0.717, 1.165) is 23.5 Å². The van der Waals surface area contributed by atoms with Crippen LogP contribution in [0, 0.1) is 0 Å². The van der Waals surface area contributed by atoms with Crippen LogP contribution < -0.4 is 10.1 Å². The lowest BCUT2D eigenvalue weighted by atomic mass is 10.1. The molecule has 1 heterocycles. The minimum atomic E-state index is 0.856. The number of nitrogens with zero attached hydrogens (tertiary/aromatic N) is 1. The molecule has 2 aromatic rings. The number of hydrogen-bond donors (Lipinski definition) is 1. The van der Waals surface area contributed by atoms with Gasteiger partial charge in [-0.05, 0) is 30.5 Å². The fourth-order valence-corrected chi connectivity index (χ4v) is 1.58. The van der Waals surface area contributed by atoms with Gasteiger partial charge in [-0.1, -0.05) is 6.07 Å². The van der Waals surface area contributed by atoms with E-state index in [1.54, 1.807) is 7.11 Å². The monoisotopic (exact) mass is 202 g/mol. The zero-order valence-corrected chi connectivity index (χ0v) is 8.95. The van der Waals surface area contributed by atoms with Crippen molar-refractivity contribution in [3.8, 4) is 5.75 Å². The molecule has 0 radical (unpaired) electrons. The Morgan fingerprint density at radius 2 is 2.20 bits per heavy atom. The molecule has 0 saturated heterocycles. The molecule has 1 aromatic heterocycles. The molecular formula is C12H14N2O. The molecule has 1 aromatic carbocycles. The molecule has 0 spiro atoms.